The van der Waals surface area contributed by atoms with Gasteiger partial charge in [-0.15, -0.1) is 0 Å². The summed E-state index contributed by atoms with van der Waals surface area (Å²) >= 11 is 0. The molecule has 0 spiro atoms. The van der Waals surface area contributed by atoms with Gasteiger partial charge in [-0.05, 0) is 49.1 Å². The molecule has 21 heavy (non-hydrogen) atoms. The first-order valence-electron chi connectivity index (χ1n) is 7.56. The molecule has 0 bridgehead atoms. The molecular formula is C19H19NO. The molecule has 1 heterocycles. The molecule has 0 aliphatic heterocycles. The molecule has 0 amide bonds. The van der Waals surface area contributed by atoms with Crippen molar-refractivity contribution in [2.75, 3.05) is 0 Å². The lowest BCUT2D eigenvalue weighted by atomic mass is 9.92. The minimum Gasteiger partial charge on any atom is -0.459 e. The molecule has 3 aromatic rings. The van der Waals surface area contributed by atoms with Crippen LogP contribution in [0.25, 0.3) is 11.0 Å². The van der Waals surface area contributed by atoms with Gasteiger partial charge in [0.05, 0.1) is 6.04 Å². The zero-order valence-electron chi connectivity index (χ0n) is 12.2. The Bertz CT molecular complexity index is 802. The molecule has 2 unspecified atom stereocenters. The molecule has 2 N–H and O–H groups in total. The second kappa shape index (κ2) is 4.74. The lowest BCUT2D eigenvalue weighted by molar-refractivity contribution is 0.441. The summed E-state index contributed by atoms with van der Waals surface area (Å²) in [5.41, 5.74) is 11.5. The number of fused-ring (bicyclic) bond motifs is 2. The number of aryl methyl sites for hydroxylation is 2. The standard InChI is InChI=1S/C19H19NO/c1-12-6-9-17-14(10-12)11-18(21-17)19(20)16-8-7-13-4-2-3-5-15(13)16/h2-6,9-11,16,19H,7-8,20H2,1H3. The molecular weight excluding hydrogens is 258 g/mol. The Morgan fingerprint density at radius 2 is 2.00 bits per heavy atom. The summed E-state index contributed by atoms with van der Waals surface area (Å²) in [7, 11) is 0. The van der Waals surface area contributed by atoms with Crippen molar-refractivity contribution in [3.05, 3.63) is 71.0 Å². The highest BCUT2D eigenvalue weighted by Crippen LogP contribution is 2.41. The molecule has 2 atom stereocenters. The normalized spacial score (nSPS) is 18.9. The Morgan fingerprint density at radius 1 is 1.14 bits per heavy atom. The third-order valence-electron chi connectivity index (χ3n) is 4.63. The fourth-order valence-electron chi connectivity index (χ4n) is 3.51. The number of nitrogens with two attached hydrogens (primary N) is 1. The van der Waals surface area contributed by atoms with E-state index in [1.807, 2.05) is 6.07 Å². The predicted octanol–water partition coefficient (Wildman–Crippen LogP) is 4.47. The van der Waals surface area contributed by atoms with E-state index in [1.165, 1.54) is 16.7 Å². The van der Waals surface area contributed by atoms with Gasteiger partial charge in [0.25, 0.3) is 0 Å². The van der Waals surface area contributed by atoms with Gasteiger partial charge in [-0.2, -0.15) is 0 Å². The molecule has 1 aliphatic rings. The van der Waals surface area contributed by atoms with E-state index in [2.05, 4.69) is 49.4 Å². The van der Waals surface area contributed by atoms with Gasteiger partial charge < -0.3 is 10.2 Å². The lowest BCUT2D eigenvalue weighted by Gasteiger charge is -2.18. The number of hydrogen-bond acceptors (Lipinski definition) is 2. The quantitative estimate of drug-likeness (QED) is 0.750. The Kier molecular flexibility index (Phi) is 2.86. The van der Waals surface area contributed by atoms with Crippen LogP contribution in [0.2, 0.25) is 0 Å². The Labute approximate surface area is 124 Å². The van der Waals surface area contributed by atoms with E-state index >= 15 is 0 Å². The number of rotatable bonds is 2. The van der Waals surface area contributed by atoms with Gasteiger partial charge in [-0.3, -0.25) is 0 Å². The highest BCUT2D eigenvalue weighted by molar-refractivity contribution is 5.78. The Balaban J connectivity index is 1.72. The van der Waals surface area contributed by atoms with Crippen LogP contribution in [-0.4, -0.2) is 0 Å². The molecule has 2 nitrogen and oxygen atoms in total. The third-order valence-corrected chi connectivity index (χ3v) is 4.63. The second-order valence-corrected chi connectivity index (χ2v) is 6.06. The van der Waals surface area contributed by atoms with Crippen LogP contribution in [0.1, 0.15) is 40.8 Å². The monoisotopic (exact) mass is 277 g/mol. The van der Waals surface area contributed by atoms with Gasteiger partial charge in [-0.1, -0.05) is 35.9 Å². The van der Waals surface area contributed by atoms with E-state index in [0.717, 1.165) is 29.6 Å². The first-order chi connectivity index (χ1) is 10.2. The van der Waals surface area contributed by atoms with E-state index < -0.39 is 0 Å². The molecule has 2 heteroatoms. The van der Waals surface area contributed by atoms with Crippen molar-refractivity contribution < 1.29 is 4.42 Å². The van der Waals surface area contributed by atoms with Crippen LogP contribution in [0.3, 0.4) is 0 Å². The van der Waals surface area contributed by atoms with Crippen LogP contribution < -0.4 is 5.73 Å². The lowest BCUT2D eigenvalue weighted by Crippen LogP contribution is -2.17. The van der Waals surface area contributed by atoms with E-state index in [4.69, 9.17) is 10.2 Å². The number of hydrogen-bond donors (Lipinski definition) is 1. The van der Waals surface area contributed by atoms with Crippen molar-refractivity contribution in [1.82, 2.24) is 0 Å². The maximum Gasteiger partial charge on any atom is 0.134 e. The van der Waals surface area contributed by atoms with E-state index in [1.54, 1.807) is 0 Å². The number of benzene rings is 2. The topological polar surface area (TPSA) is 39.2 Å². The molecule has 1 aliphatic carbocycles. The predicted molar refractivity (Wildman–Crippen MR) is 85.4 cm³/mol. The zero-order chi connectivity index (χ0) is 14.4. The summed E-state index contributed by atoms with van der Waals surface area (Å²) in [6, 6.07) is 16.9. The average Bonchev–Trinajstić information content (AvgIpc) is 3.09. The smallest absolute Gasteiger partial charge is 0.134 e. The molecule has 4 rings (SSSR count). The van der Waals surface area contributed by atoms with E-state index in [9.17, 15) is 0 Å². The van der Waals surface area contributed by atoms with E-state index in [-0.39, 0.29) is 6.04 Å². The average molecular weight is 277 g/mol. The minimum absolute atomic E-state index is 0.0682. The van der Waals surface area contributed by atoms with Crippen molar-refractivity contribution in [2.24, 2.45) is 5.73 Å². The summed E-state index contributed by atoms with van der Waals surface area (Å²) in [5.74, 6) is 1.26. The Hall–Kier alpha value is -2.06. The van der Waals surface area contributed by atoms with Crippen LogP contribution >= 0.6 is 0 Å². The summed E-state index contributed by atoms with van der Waals surface area (Å²) < 4.78 is 5.99. The molecule has 1 aromatic heterocycles. The van der Waals surface area contributed by atoms with Crippen LogP contribution in [0.5, 0.6) is 0 Å². The van der Waals surface area contributed by atoms with Crippen molar-refractivity contribution in [2.45, 2.75) is 31.7 Å². The van der Waals surface area contributed by atoms with Gasteiger partial charge in [0.2, 0.25) is 0 Å². The van der Waals surface area contributed by atoms with Gasteiger partial charge >= 0.3 is 0 Å². The summed E-state index contributed by atoms with van der Waals surface area (Å²) in [6.45, 7) is 2.10. The SMILES string of the molecule is Cc1ccc2oc(C(N)C3CCc4ccccc43)cc2c1. The zero-order valence-corrected chi connectivity index (χ0v) is 12.2. The summed E-state index contributed by atoms with van der Waals surface area (Å²) in [5, 5.41) is 1.15. The maximum atomic E-state index is 6.52. The first-order valence-corrected chi connectivity index (χ1v) is 7.56. The van der Waals surface area contributed by atoms with Crippen LogP contribution in [0, 0.1) is 6.92 Å². The second-order valence-electron chi connectivity index (χ2n) is 6.06. The highest BCUT2D eigenvalue weighted by atomic mass is 16.3. The van der Waals surface area contributed by atoms with Crippen LogP contribution in [-0.2, 0) is 6.42 Å². The van der Waals surface area contributed by atoms with Crippen molar-refractivity contribution in [3.8, 4) is 0 Å². The molecule has 106 valence electrons. The van der Waals surface area contributed by atoms with Crippen LogP contribution in [0.4, 0.5) is 0 Å². The number of furan rings is 1. The van der Waals surface area contributed by atoms with Gasteiger partial charge in [-0.25, -0.2) is 0 Å². The van der Waals surface area contributed by atoms with Gasteiger partial charge in [0.1, 0.15) is 11.3 Å². The molecule has 0 saturated carbocycles. The first kappa shape index (κ1) is 12.7. The molecule has 0 fully saturated rings. The third kappa shape index (κ3) is 2.07. The van der Waals surface area contributed by atoms with Crippen molar-refractivity contribution in [1.29, 1.82) is 0 Å². The van der Waals surface area contributed by atoms with Gasteiger partial charge in [0, 0.05) is 11.3 Å². The fraction of sp³-hybridized carbons (Fsp3) is 0.263. The largest absolute Gasteiger partial charge is 0.459 e. The highest BCUT2D eigenvalue weighted by Gasteiger charge is 2.30. The van der Waals surface area contributed by atoms with Gasteiger partial charge in [0.15, 0.2) is 0 Å². The van der Waals surface area contributed by atoms with Crippen molar-refractivity contribution >= 4 is 11.0 Å². The maximum absolute atomic E-state index is 6.52. The van der Waals surface area contributed by atoms with Crippen LogP contribution in [0.15, 0.2) is 52.9 Å². The fourth-order valence-corrected chi connectivity index (χ4v) is 3.51. The summed E-state index contributed by atoms with van der Waals surface area (Å²) in [6.07, 6.45) is 2.23. The minimum atomic E-state index is -0.0682. The van der Waals surface area contributed by atoms with Crippen molar-refractivity contribution in [3.63, 3.8) is 0 Å². The van der Waals surface area contributed by atoms with E-state index in [0.29, 0.717) is 5.92 Å². The molecule has 0 saturated heterocycles. The summed E-state index contributed by atoms with van der Waals surface area (Å²) in [4.78, 5) is 0. The molecule has 0 radical (unpaired) electrons. The molecule has 2 aromatic carbocycles. The Morgan fingerprint density at radius 3 is 2.90 bits per heavy atom.